The molecule has 0 unspecified atom stereocenters. The molecule has 0 aliphatic rings. The Balaban J connectivity index is 2.11. The van der Waals surface area contributed by atoms with Crippen LogP contribution in [0.1, 0.15) is 11.1 Å². The van der Waals surface area contributed by atoms with E-state index in [0.717, 1.165) is 11.1 Å². The number of aliphatic imine (C=N–C) groups is 1. The van der Waals surface area contributed by atoms with E-state index in [1.165, 1.54) is 0 Å². The highest BCUT2D eigenvalue weighted by Gasteiger charge is 1.99. The molecule has 92 valence electrons. The molecule has 0 radical (unpaired) electrons. The molecule has 0 saturated carbocycles. The maximum absolute atomic E-state index is 5.91. The molecular formula is C14H12Cl2N2. The normalized spacial score (nSPS) is 11.6. The maximum Gasteiger partial charge on any atom is 0.126 e. The van der Waals surface area contributed by atoms with E-state index in [1.54, 1.807) is 12.1 Å². The molecule has 2 rings (SSSR count). The Morgan fingerprint density at radius 3 is 2.39 bits per heavy atom. The van der Waals surface area contributed by atoms with Crippen molar-refractivity contribution in [3.8, 4) is 0 Å². The minimum atomic E-state index is 0.479. The van der Waals surface area contributed by atoms with Gasteiger partial charge in [-0.2, -0.15) is 0 Å². The third-order valence-corrected chi connectivity index (χ3v) is 2.95. The molecule has 2 aromatic carbocycles. The zero-order valence-corrected chi connectivity index (χ0v) is 11.1. The molecule has 2 nitrogen and oxygen atoms in total. The molecule has 0 aliphatic carbocycles. The number of nitrogens with zero attached hydrogens (tertiary/aromatic N) is 1. The van der Waals surface area contributed by atoms with Crippen molar-refractivity contribution >= 4 is 29.0 Å². The largest absolute Gasteiger partial charge is 0.383 e. The highest BCUT2D eigenvalue weighted by Crippen LogP contribution is 2.12. The second kappa shape index (κ2) is 5.89. The molecule has 0 fully saturated rings. The zero-order chi connectivity index (χ0) is 13.0. The molecule has 0 aromatic heterocycles. The molecule has 0 heterocycles. The van der Waals surface area contributed by atoms with Gasteiger partial charge in [-0.25, -0.2) is 0 Å². The lowest BCUT2D eigenvalue weighted by molar-refractivity contribution is 1.06. The van der Waals surface area contributed by atoms with Gasteiger partial charge in [-0.1, -0.05) is 47.5 Å². The lowest BCUT2D eigenvalue weighted by Gasteiger charge is -2.02. The second-order valence-electron chi connectivity index (χ2n) is 3.84. The Morgan fingerprint density at radius 2 is 1.72 bits per heavy atom. The van der Waals surface area contributed by atoms with Crippen LogP contribution in [0.25, 0.3) is 0 Å². The van der Waals surface area contributed by atoms with Crippen molar-refractivity contribution in [2.24, 2.45) is 10.7 Å². The Kier molecular flexibility index (Phi) is 4.24. The summed E-state index contributed by atoms with van der Waals surface area (Å²) in [5.41, 5.74) is 7.80. The van der Waals surface area contributed by atoms with Crippen LogP contribution >= 0.6 is 23.2 Å². The lowest BCUT2D eigenvalue weighted by Crippen LogP contribution is -2.13. The van der Waals surface area contributed by atoms with E-state index in [0.29, 0.717) is 22.4 Å². The Hall–Kier alpha value is -1.51. The van der Waals surface area contributed by atoms with E-state index in [4.69, 9.17) is 28.9 Å². The van der Waals surface area contributed by atoms with Crippen molar-refractivity contribution in [2.75, 3.05) is 0 Å². The molecule has 2 aromatic rings. The molecular weight excluding hydrogens is 267 g/mol. The van der Waals surface area contributed by atoms with Crippen molar-refractivity contribution in [2.45, 2.75) is 6.54 Å². The smallest absolute Gasteiger partial charge is 0.126 e. The van der Waals surface area contributed by atoms with Gasteiger partial charge in [-0.15, -0.1) is 0 Å². The summed E-state index contributed by atoms with van der Waals surface area (Å²) in [4.78, 5) is 4.33. The molecule has 2 N–H and O–H groups in total. The van der Waals surface area contributed by atoms with Crippen LogP contribution in [0.15, 0.2) is 53.5 Å². The first-order valence-electron chi connectivity index (χ1n) is 5.45. The zero-order valence-electron chi connectivity index (χ0n) is 9.61. The first kappa shape index (κ1) is 12.9. The third kappa shape index (κ3) is 3.49. The van der Waals surface area contributed by atoms with E-state index >= 15 is 0 Å². The molecule has 0 bridgehead atoms. The number of halogens is 2. The van der Waals surface area contributed by atoms with E-state index in [9.17, 15) is 0 Å². The van der Waals surface area contributed by atoms with Crippen LogP contribution in [0.3, 0.4) is 0 Å². The van der Waals surface area contributed by atoms with E-state index in [2.05, 4.69) is 4.99 Å². The number of nitrogens with two attached hydrogens (primary N) is 1. The van der Waals surface area contributed by atoms with Gasteiger partial charge in [-0.05, 0) is 29.8 Å². The van der Waals surface area contributed by atoms with Crippen molar-refractivity contribution in [1.29, 1.82) is 0 Å². The highest BCUT2D eigenvalue weighted by atomic mass is 35.5. The summed E-state index contributed by atoms with van der Waals surface area (Å²) >= 11 is 11.7. The Morgan fingerprint density at radius 1 is 1.00 bits per heavy atom. The quantitative estimate of drug-likeness (QED) is 0.671. The van der Waals surface area contributed by atoms with Gasteiger partial charge in [0.05, 0.1) is 6.54 Å². The Bertz CT molecular complexity index is 562. The molecule has 0 spiro atoms. The van der Waals surface area contributed by atoms with E-state index < -0.39 is 0 Å². The van der Waals surface area contributed by atoms with Gasteiger partial charge in [0, 0.05) is 15.6 Å². The van der Waals surface area contributed by atoms with E-state index in [-0.39, 0.29) is 0 Å². The summed E-state index contributed by atoms with van der Waals surface area (Å²) in [5.74, 6) is 0.479. The van der Waals surface area contributed by atoms with Gasteiger partial charge in [-0.3, -0.25) is 4.99 Å². The van der Waals surface area contributed by atoms with Gasteiger partial charge in [0.2, 0.25) is 0 Å². The summed E-state index contributed by atoms with van der Waals surface area (Å²) in [7, 11) is 0. The third-order valence-electron chi connectivity index (χ3n) is 2.47. The first-order chi connectivity index (χ1) is 8.65. The summed E-state index contributed by atoms with van der Waals surface area (Å²) < 4.78 is 0. The molecule has 0 aliphatic heterocycles. The molecule has 0 amide bonds. The molecule has 0 atom stereocenters. The second-order valence-corrected chi connectivity index (χ2v) is 4.71. The van der Waals surface area contributed by atoms with Gasteiger partial charge >= 0.3 is 0 Å². The number of hydrogen-bond acceptors (Lipinski definition) is 1. The van der Waals surface area contributed by atoms with Crippen LogP contribution in [0.2, 0.25) is 10.0 Å². The average molecular weight is 279 g/mol. The van der Waals surface area contributed by atoms with Crippen LogP contribution in [-0.2, 0) is 6.54 Å². The molecule has 0 saturated heterocycles. The predicted octanol–water partition coefficient (Wildman–Crippen LogP) is 3.90. The van der Waals surface area contributed by atoms with Crippen molar-refractivity contribution in [3.63, 3.8) is 0 Å². The number of benzene rings is 2. The summed E-state index contributed by atoms with van der Waals surface area (Å²) in [6.07, 6.45) is 0. The minimum absolute atomic E-state index is 0.479. The van der Waals surface area contributed by atoms with Crippen molar-refractivity contribution in [1.82, 2.24) is 0 Å². The predicted molar refractivity (Wildman–Crippen MR) is 77.3 cm³/mol. The number of hydrogen-bond donors (Lipinski definition) is 1. The standard InChI is InChI=1S/C14H12Cl2N2/c15-12-6-4-10(5-7-12)9-18-14(17)11-2-1-3-13(16)8-11/h1-8H,9H2,(H2,17,18). The van der Waals surface area contributed by atoms with Crippen LogP contribution in [0.4, 0.5) is 0 Å². The van der Waals surface area contributed by atoms with Gasteiger partial charge in [0.15, 0.2) is 0 Å². The monoisotopic (exact) mass is 278 g/mol. The molecule has 18 heavy (non-hydrogen) atoms. The fourth-order valence-electron chi connectivity index (χ4n) is 1.51. The van der Waals surface area contributed by atoms with E-state index in [1.807, 2.05) is 36.4 Å². The lowest BCUT2D eigenvalue weighted by atomic mass is 10.2. The number of rotatable bonds is 3. The fourth-order valence-corrected chi connectivity index (χ4v) is 1.82. The van der Waals surface area contributed by atoms with Crippen molar-refractivity contribution < 1.29 is 0 Å². The van der Waals surface area contributed by atoms with Gasteiger partial charge in [0.25, 0.3) is 0 Å². The summed E-state index contributed by atoms with van der Waals surface area (Å²) in [6.45, 7) is 0.523. The Labute approximate surface area is 116 Å². The first-order valence-corrected chi connectivity index (χ1v) is 6.21. The molecule has 4 heteroatoms. The van der Waals surface area contributed by atoms with Crippen LogP contribution in [0, 0.1) is 0 Å². The van der Waals surface area contributed by atoms with Crippen molar-refractivity contribution in [3.05, 3.63) is 69.7 Å². The fraction of sp³-hybridized carbons (Fsp3) is 0.0714. The van der Waals surface area contributed by atoms with Crippen LogP contribution in [-0.4, -0.2) is 5.84 Å². The van der Waals surface area contributed by atoms with Crippen LogP contribution < -0.4 is 5.73 Å². The average Bonchev–Trinajstić information content (AvgIpc) is 2.38. The maximum atomic E-state index is 5.91. The highest BCUT2D eigenvalue weighted by molar-refractivity contribution is 6.31. The SMILES string of the molecule is NC(=NCc1ccc(Cl)cc1)c1cccc(Cl)c1. The van der Waals surface area contributed by atoms with Crippen LogP contribution in [0.5, 0.6) is 0 Å². The summed E-state index contributed by atoms with van der Waals surface area (Å²) in [6, 6.07) is 14.9. The van der Waals surface area contributed by atoms with Gasteiger partial charge in [0.1, 0.15) is 5.84 Å². The topological polar surface area (TPSA) is 38.4 Å². The number of amidine groups is 1. The minimum Gasteiger partial charge on any atom is -0.383 e. The summed E-state index contributed by atoms with van der Waals surface area (Å²) in [5, 5.41) is 1.36. The van der Waals surface area contributed by atoms with Gasteiger partial charge < -0.3 is 5.73 Å².